The zero-order valence-electron chi connectivity index (χ0n) is 10.7. The monoisotopic (exact) mass is 267 g/mol. The molecule has 0 saturated carbocycles. The Kier molecular flexibility index (Phi) is 4.25. The summed E-state index contributed by atoms with van der Waals surface area (Å²) >= 11 is 1.85. The number of morpholine rings is 1. The summed E-state index contributed by atoms with van der Waals surface area (Å²) < 4.78 is 5.37. The number of ether oxygens (including phenoxy) is 1. The molecule has 0 aliphatic carbocycles. The van der Waals surface area contributed by atoms with E-state index >= 15 is 0 Å². The van der Waals surface area contributed by atoms with Crippen molar-refractivity contribution < 1.29 is 4.74 Å². The van der Waals surface area contributed by atoms with Crippen molar-refractivity contribution in [3.8, 4) is 0 Å². The molecule has 1 aromatic rings. The molecule has 0 spiro atoms. The van der Waals surface area contributed by atoms with E-state index in [9.17, 15) is 0 Å². The first-order chi connectivity index (χ1) is 8.92. The average Bonchev–Trinajstić information content (AvgIpc) is 2.89. The number of nitrogens with one attached hydrogen (secondary N) is 1. The van der Waals surface area contributed by atoms with E-state index in [2.05, 4.69) is 15.6 Å². The molecular formula is C13H21N3OS. The maximum absolute atomic E-state index is 5.37. The van der Waals surface area contributed by atoms with Gasteiger partial charge in [0.05, 0.1) is 23.9 Å². The van der Waals surface area contributed by atoms with Gasteiger partial charge in [-0.3, -0.25) is 4.90 Å². The van der Waals surface area contributed by atoms with Crippen LogP contribution in [-0.2, 0) is 11.3 Å². The third-order valence-electron chi connectivity index (χ3n) is 3.75. The van der Waals surface area contributed by atoms with Crippen molar-refractivity contribution in [2.75, 3.05) is 39.4 Å². The van der Waals surface area contributed by atoms with Crippen molar-refractivity contribution in [3.63, 3.8) is 0 Å². The first kappa shape index (κ1) is 12.5. The molecule has 2 aliphatic rings. The highest BCUT2D eigenvalue weighted by Crippen LogP contribution is 2.28. The molecule has 0 aromatic carbocycles. The zero-order chi connectivity index (χ0) is 12.2. The minimum atomic E-state index is 0.690. The van der Waals surface area contributed by atoms with Crippen LogP contribution in [0.2, 0.25) is 0 Å². The molecule has 3 heterocycles. The number of aromatic nitrogens is 1. The molecule has 2 saturated heterocycles. The summed E-state index contributed by atoms with van der Waals surface area (Å²) in [4.78, 5) is 7.27. The third-order valence-corrected chi connectivity index (χ3v) is 4.80. The van der Waals surface area contributed by atoms with Gasteiger partial charge in [0.1, 0.15) is 0 Å². The van der Waals surface area contributed by atoms with Crippen molar-refractivity contribution in [2.24, 2.45) is 0 Å². The molecule has 18 heavy (non-hydrogen) atoms. The van der Waals surface area contributed by atoms with Crippen LogP contribution in [0, 0.1) is 0 Å². The number of hydrogen-bond donors (Lipinski definition) is 1. The number of piperidine rings is 1. The van der Waals surface area contributed by atoms with Crippen LogP contribution in [0.1, 0.15) is 29.5 Å². The maximum atomic E-state index is 5.37. The van der Waals surface area contributed by atoms with Crippen molar-refractivity contribution in [2.45, 2.75) is 25.3 Å². The Bertz CT molecular complexity index is 370. The molecule has 2 aliphatic heterocycles. The number of nitrogens with zero attached hydrogens (tertiary/aromatic N) is 2. The van der Waals surface area contributed by atoms with Crippen LogP contribution in [0.3, 0.4) is 0 Å². The molecule has 100 valence electrons. The Hall–Kier alpha value is -0.490. The van der Waals surface area contributed by atoms with Crippen molar-refractivity contribution >= 4 is 11.3 Å². The van der Waals surface area contributed by atoms with E-state index in [1.54, 1.807) is 0 Å². The highest BCUT2D eigenvalue weighted by Gasteiger charge is 2.19. The van der Waals surface area contributed by atoms with E-state index in [4.69, 9.17) is 9.72 Å². The SMILES string of the molecule is c1sc(C2CCNCC2)nc1CN1CCOCC1. The Labute approximate surface area is 112 Å². The van der Waals surface area contributed by atoms with Gasteiger partial charge in [-0.1, -0.05) is 0 Å². The lowest BCUT2D eigenvalue weighted by atomic mass is 9.99. The predicted molar refractivity (Wildman–Crippen MR) is 73.1 cm³/mol. The standard InChI is InChI=1S/C13H21N3OS/c1-3-14-4-2-11(1)13-15-12(10-18-13)9-16-5-7-17-8-6-16/h10-11,14H,1-9H2. The molecule has 0 unspecified atom stereocenters. The van der Waals surface area contributed by atoms with E-state index in [1.807, 2.05) is 11.3 Å². The Morgan fingerprint density at radius 1 is 1.33 bits per heavy atom. The van der Waals surface area contributed by atoms with Gasteiger partial charge in [-0.15, -0.1) is 11.3 Å². The summed E-state index contributed by atoms with van der Waals surface area (Å²) in [5, 5.41) is 7.00. The Morgan fingerprint density at radius 3 is 2.89 bits per heavy atom. The largest absolute Gasteiger partial charge is 0.379 e. The predicted octanol–water partition coefficient (Wildman–Crippen LogP) is 1.44. The summed E-state index contributed by atoms with van der Waals surface area (Å²) in [6.45, 7) is 7.09. The molecule has 1 N–H and O–H groups in total. The molecule has 5 heteroatoms. The van der Waals surface area contributed by atoms with Gasteiger partial charge in [-0.2, -0.15) is 0 Å². The van der Waals surface area contributed by atoms with Gasteiger partial charge in [0, 0.05) is 30.9 Å². The zero-order valence-corrected chi connectivity index (χ0v) is 11.5. The van der Waals surface area contributed by atoms with Gasteiger partial charge in [-0.05, 0) is 25.9 Å². The van der Waals surface area contributed by atoms with Crippen LogP contribution in [0.5, 0.6) is 0 Å². The summed E-state index contributed by atoms with van der Waals surface area (Å²) in [6.07, 6.45) is 2.48. The van der Waals surface area contributed by atoms with E-state index < -0.39 is 0 Å². The fourth-order valence-electron chi connectivity index (χ4n) is 2.64. The van der Waals surface area contributed by atoms with Crippen LogP contribution in [0.15, 0.2) is 5.38 Å². The van der Waals surface area contributed by atoms with E-state index in [0.717, 1.165) is 45.9 Å². The fourth-order valence-corrected chi connectivity index (χ4v) is 3.62. The lowest BCUT2D eigenvalue weighted by Crippen LogP contribution is -2.35. The van der Waals surface area contributed by atoms with Crippen LogP contribution >= 0.6 is 11.3 Å². The van der Waals surface area contributed by atoms with Crippen LogP contribution in [0.25, 0.3) is 0 Å². The van der Waals surface area contributed by atoms with Gasteiger partial charge >= 0.3 is 0 Å². The maximum Gasteiger partial charge on any atom is 0.0960 e. The lowest BCUT2D eigenvalue weighted by molar-refractivity contribution is 0.0337. The van der Waals surface area contributed by atoms with E-state index in [1.165, 1.54) is 23.5 Å². The highest BCUT2D eigenvalue weighted by molar-refractivity contribution is 7.09. The molecule has 0 amide bonds. The first-order valence-electron chi connectivity index (χ1n) is 6.87. The van der Waals surface area contributed by atoms with Gasteiger partial charge < -0.3 is 10.1 Å². The second-order valence-corrected chi connectivity index (χ2v) is 5.98. The number of rotatable bonds is 3. The minimum absolute atomic E-state index is 0.690. The molecule has 3 rings (SSSR count). The lowest BCUT2D eigenvalue weighted by Gasteiger charge is -2.25. The van der Waals surface area contributed by atoms with Crippen molar-refractivity contribution in [3.05, 3.63) is 16.1 Å². The topological polar surface area (TPSA) is 37.4 Å². The average molecular weight is 267 g/mol. The quantitative estimate of drug-likeness (QED) is 0.899. The Morgan fingerprint density at radius 2 is 2.11 bits per heavy atom. The summed E-state index contributed by atoms with van der Waals surface area (Å²) in [5.74, 6) is 0.690. The molecule has 0 bridgehead atoms. The van der Waals surface area contributed by atoms with Crippen molar-refractivity contribution in [1.29, 1.82) is 0 Å². The first-order valence-corrected chi connectivity index (χ1v) is 7.75. The highest BCUT2D eigenvalue weighted by atomic mass is 32.1. The third kappa shape index (κ3) is 3.09. The smallest absolute Gasteiger partial charge is 0.0960 e. The summed E-state index contributed by atoms with van der Waals surface area (Å²) in [7, 11) is 0. The van der Waals surface area contributed by atoms with Gasteiger partial charge in [-0.25, -0.2) is 4.98 Å². The molecule has 0 atom stereocenters. The summed E-state index contributed by atoms with van der Waals surface area (Å²) in [5.41, 5.74) is 1.25. The van der Waals surface area contributed by atoms with Crippen molar-refractivity contribution in [1.82, 2.24) is 15.2 Å². The summed E-state index contributed by atoms with van der Waals surface area (Å²) in [6, 6.07) is 0. The van der Waals surface area contributed by atoms with E-state index in [0.29, 0.717) is 5.92 Å². The molecular weight excluding hydrogens is 246 g/mol. The minimum Gasteiger partial charge on any atom is -0.379 e. The normalized spacial score (nSPS) is 23.3. The second-order valence-electron chi connectivity index (χ2n) is 5.09. The molecule has 2 fully saturated rings. The molecule has 1 aromatic heterocycles. The van der Waals surface area contributed by atoms with Gasteiger partial charge in [0.2, 0.25) is 0 Å². The van der Waals surface area contributed by atoms with Crippen LogP contribution < -0.4 is 5.32 Å². The van der Waals surface area contributed by atoms with Gasteiger partial charge in [0.25, 0.3) is 0 Å². The number of thiazole rings is 1. The van der Waals surface area contributed by atoms with E-state index in [-0.39, 0.29) is 0 Å². The van der Waals surface area contributed by atoms with Gasteiger partial charge in [0.15, 0.2) is 0 Å². The van der Waals surface area contributed by atoms with Crippen LogP contribution in [0.4, 0.5) is 0 Å². The second kappa shape index (κ2) is 6.10. The number of hydrogen-bond acceptors (Lipinski definition) is 5. The Balaban J connectivity index is 1.58. The fraction of sp³-hybridized carbons (Fsp3) is 0.769. The molecule has 4 nitrogen and oxygen atoms in total. The van der Waals surface area contributed by atoms with Crippen LogP contribution in [-0.4, -0.2) is 49.3 Å². The molecule has 0 radical (unpaired) electrons.